The predicted octanol–water partition coefficient (Wildman–Crippen LogP) is 2.21. The van der Waals surface area contributed by atoms with E-state index in [1.807, 2.05) is 54.8 Å². The first-order valence-electron chi connectivity index (χ1n) is 10.4. The zero-order valence-corrected chi connectivity index (χ0v) is 17.7. The number of carbonyl (C=O) groups is 3. The van der Waals surface area contributed by atoms with Crippen molar-refractivity contribution in [1.82, 2.24) is 20.0 Å². The maximum atomic E-state index is 12.5. The summed E-state index contributed by atoms with van der Waals surface area (Å²) in [6.07, 6.45) is 1.58. The molecule has 1 aromatic carbocycles. The van der Waals surface area contributed by atoms with Gasteiger partial charge in [0.15, 0.2) is 0 Å². The van der Waals surface area contributed by atoms with E-state index in [-0.39, 0.29) is 17.8 Å². The highest BCUT2D eigenvalue weighted by molar-refractivity contribution is 5.82. The molecule has 2 fully saturated rings. The van der Waals surface area contributed by atoms with Crippen LogP contribution in [0.1, 0.15) is 44.7 Å². The number of benzene rings is 1. The van der Waals surface area contributed by atoms with Gasteiger partial charge in [-0.2, -0.15) is 0 Å². The zero-order chi connectivity index (χ0) is 21.0. The quantitative estimate of drug-likeness (QED) is 0.842. The summed E-state index contributed by atoms with van der Waals surface area (Å²) in [6, 6.07) is 7.91. The third kappa shape index (κ3) is 5.49. The Balaban J connectivity index is 1.47. The molecule has 0 unspecified atom stereocenters. The van der Waals surface area contributed by atoms with Crippen LogP contribution in [0.3, 0.4) is 0 Å². The van der Waals surface area contributed by atoms with Crippen LogP contribution < -0.4 is 5.32 Å². The van der Waals surface area contributed by atoms with Crippen LogP contribution in [-0.2, 0) is 22.7 Å². The average Bonchev–Trinajstić information content (AvgIpc) is 3.10. The van der Waals surface area contributed by atoms with E-state index in [9.17, 15) is 14.4 Å². The smallest absolute Gasteiger partial charge is 0.317 e. The lowest BCUT2D eigenvalue weighted by molar-refractivity contribution is -0.140. The van der Waals surface area contributed by atoms with Crippen molar-refractivity contribution < 1.29 is 14.4 Å². The second kappa shape index (κ2) is 8.84. The van der Waals surface area contributed by atoms with E-state index in [0.29, 0.717) is 45.7 Å². The van der Waals surface area contributed by atoms with E-state index in [0.717, 1.165) is 24.1 Å². The Labute approximate surface area is 173 Å². The number of likely N-dealkylation sites (tertiary alicyclic amines) is 1. The summed E-state index contributed by atoms with van der Waals surface area (Å²) in [5, 5.41) is 2.98. The number of rotatable bonds is 4. The van der Waals surface area contributed by atoms with E-state index in [1.165, 1.54) is 0 Å². The molecular formula is C22H32N4O3. The molecule has 2 saturated heterocycles. The Morgan fingerprint density at radius 2 is 1.66 bits per heavy atom. The molecule has 7 heteroatoms. The van der Waals surface area contributed by atoms with Gasteiger partial charge in [-0.3, -0.25) is 9.59 Å². The van der Waals surface area contributed by atoms with Crippen LogP contribution in [0.2, 0.25) is 0 Å². The van der Waals surface area contributed by atoms with E-state index in [1.54, 1.807) is 4.90 Å². The third-order valence-corrected chi connectivity index (χ3v) is 5.48. The van der Waals surface area contributed by atoms with Crippen molar-refractivity contribution in [2.75, 3.05) is 32.7 Å². The molecule has 0 radical (unpaired) electrons. The minimum Gasteiger partial charge on any atom is -0.339 e. The summed E-state index contributed by atoms with van der Waals surface area (Å²) >= 11 is 0. The molecule has 0 saturated carbocycles. The second-order valence-electron chi connectivity index (χ2n) is 8.93. The molecule has 0 bridgehead atoms. The van der Waals surface area contributed by atoms with Gasteiger partial charge in [0, 0.05) is 57.6 Å². The van der Waals surface area contributed by atoms with Gasteiger partial charge in [-0.1, -0.05) is 45.0 Å². The van der Waals surface area contributed by atoms with Gasteiger partial charge in [-0.25, -0.2) is 4.79 Å². The Kier molecular flexibility index (Phi) is 6.45. The van der Waals surface area contributed by atoms with Crippen LogP contribution in [0.5, 0.6) is 0 Å². The van der Waals surface area contributed by atoms with Gasteiger partial charge < -0.3 is 20.0 Å². The van der Waals surface area contributed by atoms with Gasteiger partial charge in [-0.05, 0) is 17.5 Å². The Hall–Kier alpha value is -2.57. The maximum absolute atomic E-state index is 12.5. The maximum Gasteiger partial charge on any atom is 0.317 e. The normalized spacial score (nSPS) is 17.6. The van der Waals surface area contributed by atoms with E-state index < -0.39 is 5.41 Å². The van der Waals surface area contributed by atoms with Gasteiger partial charge in [0.1, 0.15) is 0 Å². The summed E-state index contributed by atoms with van der Waals surface area (Å²) in [6.45, 7) is 9.89. The SMILES string of the molecule is CC(C)(C)C(=O)N1CCN(C(=O)NCc2cccc(CN3CCCC3=O)c2)CC1. The second-order valence-corrected chi connectivity index (χ2v) is 8.93. The highest BCUT2D eigenvalue weighted by Crippen LogP contribution is 2.19. The molecule has 4 amide bonds. The Bertz CT molecular complexity index is 764. The van der Waals surface area contributed by atoms with E-state index in [2.05, 4.69) is 5.32 Å². The number of hydrogen-bond donors (Lipinski definition) is 1. The molecule has 0 spiro atoms. The number of nitrogens with zero attached hydrogens (tertiary/aromatic N) is 3. The summed E-state index contributed by atoms with van der Waals surface area (Å²) in [7, 11) is 0. The van der Waals surface area contributed by atoms with E-state index in [4.69, 9.17) is 0 Å². The molecule has 0 atom stereocenters. The minimum absolute atomic E-state index is 0.104. The van der Waals surface area contributed by atoms with Crippen LogP contribution in [0, 0.1) is 5.41 Å². The van der Waals surface area contributed by atoms with Gasteiger partial charge in [0.05, 0.1) is 0 Å². The number of hydrogen-bond acceptors (Lipinski definition) is 3. The molecule has 3 rings (SSSR count). The van der Waals surface area contributed by atoms with Crippen molar-refractivity contribution in [2.45, 2.75) is 46.7 Å². The summed E-state index contributed by atoms with van der Waals surface area (Å²) < 4.78 is 0. The van der Waals surface area contributed by atoms with Gasteiger partial charge in [-0.15, -0.1) is 0 Å². The minimum atomic E-state index is -0.394. The molecule has 0 aliphatic carbocycles. The lowest BCUT2D eigenvalue weighted by Crippen LogP contribution is -2.54. The highest BCUT2D eigenvalue weighted by Gasteiger charge is 2.30. The number of nitrogens with one attached hydrogen (secondary N) is 1. The number of carbonyl (C=O) groups excluding carboxylic acids is 3. The van der Waals surface area contributed by atoms with Gasteiger partial charge in [0.2, 0.25) is 11.8 Å². The predicted molar refractivity (Wildman–Crippen MR) is 111 cm³/mol. The first-order valence-corrected chi connectivity index (χ1v) is 10.4. The third-order valence-electron chi connectivity index (χ3n) is 5.48. The summed E-state index contributed by atoms with van der Waals surface area (Å²) in [5.74, 6) is 0.346. The van der Waals surface area contributed by atoms with Crippen LogP contribution in [0.15, 0.2) is 24.3 Å². The van der Waals surface area contributed by atoms with Crippen LogP contribution in [-0.4, -0.2) is 65.3 Å². The Morgan fingerprint density at radius 3 is 2.28 bits per heavy atom. The first kappa shape index (κ1) is 21.1. The largest absolute Gasteiger partial charge is 0.339 e. The summed E-state index contributed by atoms with van der Waals surface area (Å²) in [5.41, 5.74) is 1.71. The molecule has 2 aliphatic heterocycles. The lowest BCUT2D eigenvalue weighted by atomic mass is 9.94. The highest BCUT2D eigenvalue weighted by atomic mass is 16.2. The van der Waals surface area contributed by atoms with Crippen molar-refractivity contribution in [3.63, 3.8) is 0 Å². The fraction of sp³-hybridized carbons (Fsp3) is 0.591. The summed E-state index contributed by atoms with van der Waals surface area (Å²) in [4.78, 5) is 42.2. The monoisotopic (exact) mass is 400 g/mol. The fourth-order valence-corrected chi connectivity index (χ4v) is 3.81. The van der Waals surface area contributed by atoms with Crippen molar-refractivity contribution in [3.8, 4) is 0 Å². The molecular weight excluding hydrogens is 368 g/mol. The van der Waals surface area contributed by atoms with Crippen molar-refractivity contribution in [2.24, 2.45) is 5.41 Å². The van der Waals surface area contributed by atoms with Crippen LogP contribution in [0.4, 0.5) is 4.79 Å². The van der Waals surface area contributed by atoms with Crippen molar-refractivity contribution in [1.29, 1.82) is 0 Å². The fourth-order valence-electron chi connectivity index (χ4n) is 3.81. The number of urea groups is 1. The average molecular weight is 401 g/mol. The topological polar surface area (TPSA) is 73.0 Å². The molecule has 2 aliphatic rings. The zero-order valence-electron chi connectivity index (χ0n) is 17.7. The van der Waals surface area contributed by atoms with Gasteiger partial charge >= 0.3 is 6.03 Å². The molecule has 29 heavy (non-hydrogen) atoms. The first-order chi connectivity index (χ1) is 13.7. The Morgan fingerprint density at radius 1 is 1.00 bits per heavy atom. The molecule has 0 aromatic heterocycles. The van der Waals surface area contributed by atoms with Crippen molar-refractivity contribution in [3.05, 3.63) is 35.4 Å². The molecule has 158 valence electrons. The molecule has 1 aromatic rings. The standard InChI is InChI=1S/C22H32N4O3/c1-22(2,3)20(28)24-10-12-25(13-11-24)21(29)23-15-17-6-4-7-18(14-17)16-26-9-5-8-19(26)27/h4,6-7,14H,5,8-13,15-16H2,1-3H3,(H,23,29). The number of piperazine rings is 1. The molecule has 1 N–H and O–H groups in total. The van der Waals surface area contributed by atoms with E-state index >= 15 is 0 Å². The van der Waals surface area contributed by atoms with Crippen LogP contribution >= 0.6 is 0 Å². The van der Waals surface area contributed by atoms with Gasteiger partial charge in [0.25, 0.3) is 0 Å². The molecule has 7 nitrogen and oxygen atoms in total. The van der Waals surface area contributed by atoms with Crippen molar-refractivity contribution >= 4 is 17.8 Å². The van der Waals surface area contributed by atoms with Crippen LogP contribution in [0.25, 0.3) is 0 Å². The lowest BCUT2D eigenvalue weighted by Gasteiger charge is -2.37. The number of amides is 4. The molecule has 2 heterocycles.